The molecule has 1 saturated heterocycles. The number of rotatable bonds is 3. The molecule has 1 fully saturated rings. The summed E-state index contributed by atoms with van der Waals surface area (Å²) >= 11 is 6.15. The Morgan fingerprint density at radius 2 is 1.85 bits per heavy atom. The molecule has 4 nitrogen and oxygen atoms in total. The number of benzene rings is 2. The topological polar surface area (TPSA) is 53.2 Å². The van der Waals surface area contributed by atoms with Crippen LogP contribution in [-0.4, -0.2) is 30.8 Å². The fourth-order valence-corrected chi connectivity index (χ4v) is 5.71. The first-order valence-electron chi connectivity index (χ1n) is 8.79. The second-order valence-electron chi connectivity index (χ2n) is 6.88. The van der Waals surface area contributed by atoms with Gasteiger partial charge in [0, 0.05) is 35.2 Å². The van der Waals surface area contributed by atoms with E-state index in [1.54, 1.807) is 16.4 Å². The van der Waals surface area contributed by atoms with Crippen LogP contribution in [0.5, 0.6) is 0 Å². The molecule has 2 aromatic carbocycles. The third-order valence-corrected chi connectivity index (χ3v) is 7.57. The van der Waals surface area contributed by atoms with Gasteiger partial charge >= 0.3 is 0 Å². The molecule has 1 aliphatic heterocycles. The summed E-state index contributed by atoms with van der Waals surface area (Å²) in [5.41, 5.74) is 3.09. The number of nitrogens with one attached hydrogen (secondary N) is 1. The molecule has 1 aromatic heterocycles. The molecule has 136 valence electrons. The van der Waals surface area contributed by atoms with Gasteiger partial charge in [-0.2, -0.15) is 4.31 Å². The highest BCUT2D eigenvalue weighted by atomic mass is 35.5. The number of aromatic amines is 1. The summed E-state index contributed by atoms with van der Waals surface area (Å²) in [7, 11) is -3.43. The van der Waals surface area contributed by atoms with Crippen LogP contribution in [0.25, 0.3) is 10.9 Å². The predicted molar refractivity (Wildman–Crippen MR) is 105 cm³/mol. The second kappa shape index (κ2) is 6.72. The molecule has 0 saturated carbocycles. The number of sulfonamides is 1. The van der Waals surface area contributed by atoms with Crippen molar-refractivity contribution < 1.29 is 8.42 Å². The molecule has 4 rings (SSSR count). The van der Waals surface area contributed by atoms with Gasteiger partial charge in [-0.1, -0.05) is 29.8 Å². The summed E-state index contributed by atoms with van der Waals surface area (Å²) < 4.78 is 27.5. The second-order valence-corrected chi connectivity index (χ2v) is 9.22. The maximum Gasteiger partial charge on any atom is 0.243 e. The highest BCUT2D eigenvalue weighted by Gasteiger charge is 2.31. The largest absolute Gasteiger partial charge is 0.361 e. The lowest BCUT2D eigenvalue weighted by Crippen LogP contribution is -2.38. The van der Waals surface area contributed by atoms with Gasteiger partial charge in [-0.25, -0.2) is 8.42 Å². The van der Waals surface area contributed by atoms with Crippen LogP contribution >= 0.6 is 11.6 Å². The molecule has 0 aliphatic carbocycles. The average molecular weight is 389 g/mol. The van der Waals surface area contributed by atoms with Crippen molar-refractivity contribution in [1.82, 2.24) is 9.29 Å². The van der Waals surface area contributed by atoms with Crippen LogP contribution in [0.3, 0.4) is 0 Å². The fraction of sp³-hybridized carbons (Fsp3) is 0.300. The molecule has 3 aromatic rings. The molecule has 0 unspecified atom stereocenters. The van der Waals surface area contributed by atoms with E-state index in [0.29, 0.717) is 23.9 Å². The van der Waals surface area contributed by atoms with E-state index >= 15 is 0 Å². The van der Waals surface area contributed by atoms with E-state index in [4.69, 9.17) is 11.6 Å². The van der Waals surface area contributed by atoms with E-state index in [2.05, 4.69) is 4.98 Å². The number of piperidine rings is 1. The molecule has 0 atom stereocenters. The van der Waals surface area contributed by atoms with Gasteiger partial charge in [-0.05, 0) is 61.1 Å². The minimum atomic E-state index is -3.43. The first kappa shape index (κ1) is 17.6. The van der Waals surface area contributed by atoms with Crippen LogP contribution in [-0.2, 0) is 10.0 Å². The van der Waals surface area contributed by atoms with Gasteiger partial charge in [0.05, 0.1) is 4.90 Å². The third-order valence-electron chi connectivity index (χ3n) is 5.28. The molecule has 1 N–H and O–H groups in total. The minimum Gasteiger partial charge on any atom is -0.361 e. The highest BCUT2D eigenvalue weighted by Crippen LogP contribution is 2.35. The van der Waals surface area contributed by atoms with Crippen molar-refractivity contribution in [2.24, 2.45) is 0 Å². The summed E-state index contributed by atoms with van der Waals surface area (Å²) in [6.07, 6.45) is 3.66. The van der Waals surface area contributed by atoms with E-state index < -0.39 is 10.0 Å². The Kier molecular flexibility index (Phi) is 4.55. The molecule has 6 heteroatoms. The zero-order chi connectivity index (χ0) is 18.3. The number of H-pyrrole nitrogens is 1. The number of nitrogens with zero attached hydrogens (tertiary/aromatic N) is 1. The Morgan fingerprint density at radius 1 is 1.12 bits per heavy atom. The van der Waals surface area contributed by atoms with Crippen LogP contribution in [0.2, 0.25) is 5.02 Å². The van der Waals surface area contributed by atoms with E-state index in [-0.39, 0.29) is 0 Å². The first-order valence-corrected chi connectivity index (χ1v) is 10.6. The SMILES string of the molecule is Cc1ccccc1S(=O)(=O)N1CCC(c2c[nH]c3ccc(Cl)cc23)CC1. The van der Waals surface area contributed by atoms with Crippen LogP contribution in [0.4, 0.5) is 0 Å². The smallest absolute Gasteiger partial charge is 0.243 e. The maximum absolute atomic E-state index is 13.0. The van der Waals surface area contributed by atoms with Crippen LogP contribution < -0.4 is 0 Å². The Morgan fingerprint density at radius 3 is 2.58 bits per heavy atom. The summed E-state index contributed by atoms with van der Waals surface area (Å²) in [4.78, 5) is 3.71. The summed E-state index contributed by atoms with van der Waals surface area (Å²) in [5.74, 6) is 0.338. The van der Waals surface area contributed by atoms with E-state index in [0.717, 1.165) is 34.3 Å². The lowest BCUT2D eigenvalue weighted by molar-refractivity contribution is 0.320. The van der Waals surface area contributed by atoms with Gasteiger partial charge in [0.25, 0.3) is 0 Å². The van der Waals surface area contributed by atoms with Gasteiger partial charge in [0.2, 0.25) is 10.0 Å². The zero-order valence-corrected chi connectivity index (χ0v) is 16.1. The molecule has 0 radical (unpaired) electrons. The number of aromatic nitrogens is 1. The standard InChI is InChI=1S/C20H21ClN2O2S/c1-14-4-2-3-5-20(14)26(24,25)23-10-8-15(9-11-23)18-13-22-19-7-6-16(21)12-17(18)19/h2-7,12-13,15,22H,8-11H2,1H3. The zero-order valence-electron chi connectivity index (χ0n) is 14.6. The van der Waals surface area contributed by atoms with Gasteiger partial charge < -0.3 is 4.98 Å². The van der Waals surface area contributed by atoms with Crippen molar-refractivity contribution in [2.45, 2.75) is 30.6 Å². The molecule has 0 amide bonds. The van der Waals surface area contributed by atoms with Crippen LogP contribution in [0.15, 0.2) is 53.6 Å². The number of hydrogen-bond donors (Lipinski definition) is 1. The molecule has 2 heterocycles. The fourth-order valence-electron chi connectivity index (χ4n) is 3.84. The number of halogens is 1. The van der Waals surface area contributed by atoms with Crippen molar-refractivity contribution in [1.29, 1.82) is 0 Å². The van der Waals surface area contributed by atoms with Crippen molar-refractivity contribution in [3.8, 4) is 0 Å². The lowest BCUT2D eigenvalue weighted by atomic mass is 9.90. The molecule has 0 bridgehead atoms. The molecule has 26 heavy (non-hydrogen) atoms. The monoisotopic (exact) mass is 388 g/mol. The van der Waals surface area contributed by atoms with E-state index in [1.807, 2.05) is 43.5 Å². The number of hydrogen-bond acceptors (Lipinski definition) is 2. The normalized spacial score (nSPS) is 17.0. The van der Waals surface area contributed by atoms with Gasteiger partial charge in [0.15, 0.2) is 0 Å². The van der Waals surface area contributed by atoms with Crippen molar-refractivity contribution in [2.75, 3.05) is 13.1 Å². The summed E-state index contributed by atoms with van der Waals surface area (Å²) in [5, 5.41) is 1.86. The Bertz CT molecular complexity index is 1050. The summed E-state index contributed by atoms with van der Waals surface area (Å²) in [6, 6.07) is 13.0. The third kappa shape index (κ3) is 3.04. The average Bonchev–Trinajstić information content (AvgIpc) is 3.05. The molecule has 1 aliphatic rings. The first-order chi connectivity index (χ1) is 12.5. The van der Waals surface area contributed by atoms with E-state index in [1.165, 1.54) is 5.56 Å². The van der Waals surface area contributed by atoms with Gasteiger partial charge in [-0.3, -0.25) is 0 Å². The maximum atomic E-state index is 13.0. The number of fused-ring (bicyclic) bond motifs is 1. The quantitative estimate of drug-likeness (QED) is 0.707. The molecule has 0 spiro atoms. The van der Waals surface area contributed by atoms with Gasteiger partial charge in [0.1, 0.15) is 0 Å². The Labute approximate surface area is 158 Å². The van der Waals surface area contributed by atoms with Crippen molar-refractivity contribution in [3.63, 3.8) is 0 Å². The molecular weight excluding hydrogens is 368 g/mol. The van der Waals surface area contributed by atoms with Gasteiger partial charge in [-0.15, -0.1) is 0 Å². The Balaban J connectivity index is 1.55. The Hall–Kier alpha value is -1.82. The molecular formula is C20H21ClN2O2S. The minimum absolute atomic E-state index is 0.338. The summed E-state index contributed by atoms with van der Waals surface area (Å²) in [6.45, 7) is 2.92. The van der Waals surface area contributed by atoms with Crippen LogP contribution in [0, 0.1) is 6.92 Å². The number of aryl methyl sites for hydroxylation is 1. The highest BCUT2D eigenvalue weighted by molar-refractivity contribution is 7.89. The van der Waals surface area contributed by atoms with Crippen LogP contribution in [0.1, 0.15) is 29.9 Å². The predicted octanol–water partition coefficient (Wildman–Crippen LogP) is 4.70. The van der Waals surface area contributed by atoms with Crippen molar-refractivity contribution in [3.05, 3.63) is 64.8 Å². The lowest BCUT2D eigenvalue weighted by Gasteiger charge is -2.31. The van der Waals surface area contributed by atoms with E-state index in [9.17, 15) is 8.42 Å². The van der Waals surface area contributed by atoms with Crippen molar-refractivity contribution >= 4 is 32.5 Å².